The quantitative estimate of drug-likeness (QED) is 0.542. The van der Waals surface area contributed by atoms with Crippen LogP contribution >= 0.6 is 0 Å². The van der Waals surface area contributed by atoms with Crippen molar-refractivity contribution in [3.63, 3.8) is 0 Å². The highest BCUT2D eigenvalue weighted by Crippen LogP contribution is 2.27. The lowest BCUT2D eigenvalue weighted by molar-refractivity contribution is -0.384. The van der Waals surface area contributed by atoms with Crippen LogP contribution in [0.15, 0.2) is 59.4 Å². The number of amides is 1. The summed E-state index contributed by atoms with van der Waals surface area (Å²) in [7, 11) is 0. The van der Waals surface area contributed by atoms with Gasteiger partial charge in [0, 0.05) is 12.1 Å². The number of para-hydroxylation sites is 1. The van der Waals surface area contributed by atoms with Crippen molar-refractivity contribution in [2.24, 2.45) is 0 Å². The first-order valence-corrected chi connectivity index (χ1v) is 8.54. The van der Waals surface area contributed by atoms with E-state index >= 15 is 0 Å². The molecule has 3 rings (SSSR count). The second kappa shape index (κ2) is 7.83. The van der Waals surface area contributed by atoms with E-state index in [1.165, 1.54) is 22.9 Å². The first-order chi connectivity index (χ1) is 13.3. The minimum atomic E-state index is -0.630. The molecule has 28 heavy (non-hydrogen) atoms. The van der Waals surface area contributed by atoms with Gasteiger partial charge in [-0.2, -0.15) is 5.10 Å². The molecule has 142 valence electrons. The van der Waals surface area contributed by atoms with Crippen LogP contribution in [-0.2, 0) is 6.54 Å². The van der Waals surface area contributed by atoms with E-state index in [1.54, 1.807) is 19.1 Å². The van der Waals surface area contributed by atoms with Crippen molar-refractivity contribution in [1.29, 1.82) is 0 Å². The fraction of sp³-hybridized carbons (Fsp3) is 0.150. The first kappa shape index (κ1) is 19.0. The molecule has 0 bridgehead atoms. The number of nitrogens with one attached hydrogen (secondary N) is 1. The van der Waals surface area contributed by atoms with E-state index in [0.717, 1.165) is 11.1 Å². The number of anilines is 1. The van der Waals surface area contributed by atoms with Gasteiger partial charge in [0.25, 0.3) is 17.2 Å². The summed E-state index contributed by atoms with van der Waals surface area (Å²) in [6.45, 7) is 3.84. The van der Waals surface area contributed by atoms with Crippen LogP contribution in [0.1, 0.15) is 27.2 Å². The van der Waals surface area contributed by atoms with E-state index < -0.39 is 10.8 Å². The number of aryl methyl sites for hydroxylation is 2. The number of aromatic nitrogens is 2. The third kappa shape index (κ3) is 4.12. The maximum absolute atomic E-state index is 12.6. The largest absolute Gasteiger partial charge is 0.315 e. The van der Waals surface area contributed by atoms with Gasteiger partial charge in [-0.3, -0.25) is 19.7 Å². The number of nitro benzene ring substituents is 1. The van der Waals surface area contributed by atoms with Crippen LogP contribution in [0.25, 0.3) is 0 Å². The van der Waals surface area contributed by atoms with E-state index in [0.29, 0.717) is 5.56 Å². The molecule has 0 saturated carbocycles. The molecular weight excluding hydrogens is 360 g/mol. The number of carbonyl (C=O) groups is 1. The normalized spacial score (nSPS) is 10.5. The summed E-state index contributed by atoms with van der Waals surface area (Å²) in [6, 6.07) is 14.7. The molecular formula is C20H18N4O4. The Bertz CT molecular complexity index is 1100. The Morgan fingerprint density at radius 2 is 1.82 bits per heavy atom. The lowest BCUT2D eigenvalue weighted by atomic mass is 10.1. The minimum absolute atomic E-state index is 0.00994. The van der Waals surface area contributed by atoms with Crippen molar-refractivity contribution in [3.05, 3.63) is 97.4 Å². The van der Waals surface area contributed by atoms with Crippen LogP contribution in [-0.4, -0.2) is 20.6 Å². The highest BCUT2D eigenvalue weighted by molar-refractivity contribution is 6.04. The smallest absolute Gasteiger partial charge is 0.293 e. The molecule has 1 amide bonds. The molecule has 8 heteroatoms. The summed E-state index contributed by atoms with van der Waals surface area (Å²) >= 11 is 0. The van der Waals surface area contributed by atoms with Crippen molar-refractivity contribution in [1.82, 2.24) is 9.78 Å². The summed E-state index contributed by atoms with van der Waals surface area (Å²) in [6.07, 6.45) is 0. The van der Waals surface area contributed by atoms with Crippen molar-refractivity contribution in [2.75, 3.05) is 5.32 Å². The van der Waals surface area contributed by atoms with Gasteiger partial charge in [0.05, 0.1) is 11.5 Å². The molecule has 0 radical (unpaired) electrons. The highest BCUT2D eigenvalue weighted by atomic mass is 16.6. The lowest BCUT2D eigenvalue weighted by Crippen LogP contribution is -2.26. The molecule has 0 aliphatic carbocycles. The average molecular weight is 378 g/mol. The molecule has 0 aliphatic rings. The SMILES string of the molecule is Cc1ccc(Cn2nc(C(=O)Nc3c(C)cccc3[N+](=O)[O-])ccc2=O)cc1. The fourth-order valence-corrected chi connectivity index (χ4v) is 2.69. The second-order valence-electron chi connectivity index (χ2n) is 6.38. The van der Waals surface area contributed by atoms with Gasteiger partial charge in [-0.15, -0.1) is 0 Å². The predicted molar refractivity (Wildman–Crippen MR) is 105 cm³/mol. The van der Waals surface area contributed by atoms with Gasteiger partial charge in [0.1, 0.15) is 11.4 Å². The standard InChI is InChI=1S/C20H18N4O4/c1-13-6-8-15(9-7-13)12-23-18(25)11-10-16(22-23)20(26)21-19-14(2)4-3-5-17(19)24(27)28/h3-11H,12H2,1-2H3,(H,21,26). The Hall–Kier alpha value is -3.81. The van der Waals surface area contributed by atoms with Crippen molar-refractivity contribution in [2.45, 2.75) is 20.4 Å². The zero-order valence-electron chi connectivity index (χ0n) is 15.4. The number of hydrogen-bond acceptors (Lipinski definition) is 5. The summed E-state index contributed by atoms with van der Waals surface area (Å²) in [5.74, 6) is -0.630. The molecule has 0 aliphatic heterocycles. The maximum atomic E-state index is 12.6. The molecule has 2 aromatic carbocycles. The average Bonchev–Trinajstić information content (AvgIpc) is 2.66. The van der Waals surface area contributed by atoms with Crippen LogP contribution in [0, 0.1) is 24.0 Å². The Balaban J connectivity index is 1.88. The van der Waals surface area contributed by atoms with Gasteiger partial charge in [0.2, 0.25) is 0 Å². The topological polar surface area (TPSA) is 107 Å². The molecule has 0 atom stereocenters. The zero-order chi connectivity index (χ0) is 20.3. The van der Waals surface area contributed by atoms with E-state index in [1.807, 2.05) is 31.2 Å². The number of rotatable bonds is 5. The van der Waals surface area contributed by atoms with Crippen molar-refractivity contribution >= 4 is 17.3 Å². The van der Waals surface area contributed by atoms with Crippen molar-refractivity contribution < 1.29 is 9.72 Å². The molecule has 8 nitrogen and oxygen atoms in total. The molecule has 0 spiro atoms. The van der Waals surface area contributed by atoms with E-state index in [4.69, 9.17) is 0 Å². The van der Waals surface area contributed by atoms with Crippen LogP contribution in [0.5, 0.6) is 0 Å². The van der Waals surface area contributed by atoms with Crippen LogP contribution in [0.4, 0.5) is 11.4 Å². The fourth-order valence-electron chi connectivity index (χ4n) is 2.69. The number of hydrogen-bond donors (Lipinski definition) is 1. The monoisotopic (exact) mass is 378 g/mol. The van der Waals surface area contributed by atoms with Gasteiger partial charge in [-0.1, -0.05) is 42.0 Å². The van der Waals surface area contributed by atoms with E-state index in [2.05, 4.69) is 10.4 Å². The van der Waals surface area contributed by atoms with Gasteiger partial charge in [0.15, 0.2) is 0 Å². The van der Waals surface area contributed by atoms with Crippen LogP contribution in [0.3, 0.4) is 0 Å². The van der Waals surface area contributed by atoms with Crippen LogP contribution in [0.2, 0.25) is 0 Å². The van der Waals surface area contributed by atoms with Gasteiger partial charge in [-0.05, 0) is 31.0 Å². The molecule has 1 heterocycles. The highest BCUT2D eigenvalue weighted by Gasteiger charge is 2.19. The molecule has 3 aromatic rings. The maximum Gasteiger partial charge on any atom is 0.293 e. The molecule has 1 aromatic heterocycles. The third-order valence-corrected chi connectivity index (χ3v) is 4.24. The first-order valence-electron chi connectivity index (χ1n) is 8.54. The number of carbonyl (C=O) groups excluding carboxylic acids is 1. The van der Waals surface area contributed by atoms with Gasteiger partial charge in [-0.25, -0.2) is 4.68 Å². The Kier molecular flexibility index (Phi) is 5.30. The molecule has 1 N–H and O–H groups in total. The van der Waals surface area contributed by atoms with Gasteiger partial charge < -0.3 is 5.32 Å². The third-order valence-electron chi connectivity index (χ3n) is 4.24. The zero-order valence-corrected chi connectivity index (χ0v) is 15.4. The minimum Gasteiger partial charge on any atom is -0.315 e. The molecule has 0 fully saturated rings. The summed E-state index contributed by atoms with van der Waals surface area (Å²) in [5, 5.41) is 17.9. The number of benzene rings is 2. The van der Waals surface area contributed by atoms with Gasteiger partial charge >= 0.3 is 0 Å². The Morgan fingerprint density at radius 3 is 2.50 bits per heavy atom. The second-order valence-corrected chi connectivity index (χ2v) is 6.38. The summed E-state index contributed by atoms with van der Waals surface area (Å²) in [5.41, 5.74) is 2.06. The number of nitrogens with zero attached hydrogens (tertiary/aromatic N) is 3. The Morgan fingerprint density at radius 1 is 1.11 bits per heavy atom. The number of nitro groups is 1. The lowest BCUT2D eigenvalue weighted by Gasteiger charge is -2.10. The molecule has 0 unspecified atom stereocenters. The Labute approximate surface area is 160 Å². The van der Waals surface area contributed by atoms with E-state index in [9.17, 15) is 19.7 Å². The van der Waals surface area contributed by atoms with Crippen LogP contribution < -0.4 is 10.9 Å². The van der Waals surface area contributed by atoms with E-state index in [-0.39, 0.29) is 29.2 Å². The van der Waals surface area contributed by atoms with Crippen molar-refractivity contribution in [3.8, 4) is 0 Å². The molecule has 0 saturated heterocycles. The summed E-state index contributed by atoms with van der Waals surface area (Å²) in [4.78, 5) is 35.3. The summed E-state index contributed by atoms with van der Waals surface area (Å²) < 4.78 is 1.19. The predicted octanol–water partition coefficient (Wildman–Crippen LogP) is 3.07.